The number of pyridine rings is 1. The number of carboxylic acid groups (broad SMARTS) is 1. The van der Waals surface area contributed by atoms with Crippen LogP contribution in [0.25, 0.3) is 0 Å². The van der Waals surface area contributed by atoms with Gasteiger partial charge in [0.2, 0.25) is 0 Å². The molecule has 0 aliphatic rings. The Bertz CT molecular complexity index is 754. The smallest absolute Gasteiger partial charge is 0.409 e. The molecule has 152 valence electrons. The van der Waals surface area contributed by atoms with Crippen molar-refractivity contribution in [3.8, 4) is 0 Å². The average Bonchev–Trinajstić information content (AvgIpc) is 2.52. The zero-order valence-corrected chi connectivity index (χ0v) is 15.8. The number of nitrogens with one attached hydrogen (secondary N) is 1. The first-order valence-corrected chi connectivity index (χ1v) is 8.71. The van der Waals surface area contributed by atoms with Crippen LogP contribution in [0.3, 0.4) is 0 Å². The SMILES string of the molecule is CCc1c(C)cc(C(=O)NC(CC(=O)O)C(F)(F)F)c(=O)n1CCC(C)C. The van der Waals surface area contributed by atoms with E-state index in [0.29, 0.717) is 30.9 Å². The van der Waals surface area contributed by atoms with Gasteiger partial charge in [0.15, 0.2) is 0 Å². The minimum absolute atomic E-state index is 0.296. The lowest BCUT2D eigenvalue weighted by atomic mass is 10.1. The zero-order valence-electron chi connectivity index (χ0n) is 15.8. The molecule has 0 fully saturated rings. The summed E-state index contributed by atoms with van der Waals surface area (Å²) in [7, 11) is 0. The maximum atomic E-state index is 13.0. The van der Waals surface area contributed by atoms with Crippen LogP contribution < -0.4 is 10.9 Å². The van der Waals surface area contributed by atoms with Gasteiger partial charge in [-0.2, -0.15) is 13.2 Å². The van der Waals surface area contributed by atoms with Crippen LogP contribution in [0.5, 0.6) is 0 Å². The predicted octanol–water partition coefficient (Wildman–Crippen LogP) is 2.90. The highest BCUT2D eigenvalue weighted by Crippen LogP contribution is 2.23. The molecule has 0 aromatic carbocycles. The summed E-state index contributed by atoms with van der Waals surface area (Å²) in [5, 5.41) is 10.3. The molecule has 0 saturated heterocycles. The van der Waals surface area contributed by atoms with Crippen LogP contribution in [0, 0.1) is 12.8 Å². The quantitative estimate of drug-likeness (QED) is 0.714. The summed E-state index contributed by atoms with van der Waals surface area (Å²) in [5.41, 5.74) is 0.239. The van der Waals surface area contributed by atoms with Crippen LogP contribution in [0.4, 0.5) is 13.2 Å². The summed E-state index contributed by atoms with van der Waals surface area (Å²) in [5.74, 6) is -2.64. The van der Waals surface area contributed by atoms with Crippen molar-refractivity contribution in [1.29, 1.82) is 0 Å². The van der Waals surface area contributed by atoms with Gasteiger partial charge in [0.25, 0.3) is 11.5 Å². The second-order valence-electron chi connectivity index (χ2n) is 6.85. The molecule has 0 aliphatic heterocycles. The Balaban J connectivity index is 3.30. The summed E-state index contributed by atoms with van der Waals surface area (Å²) in [6.45, 7) is 7.82. The van der Waals surface area contributed by atoms with Crippen molar-refractivity contribution in [3.63, 3.8) is 0 Å². The van der Waals surface area contributed by atoms with E-state index >= 15 is 0 Å². The van der Waals surface area contributed by atoms with Gasteiger partial charge in [-0.15, -0.1) is 0 Å². The number of halogens is 3. The van der Waals surface area contributed by atoms with Gasteiger partial charge in [-0.1, -0.05) is 20.8 Å². The molecule has 6 nitrogen and oxygen atoms in total. The van der Waals surface area contributed by atoms with Gasteiger partial charge in [0.05, 0.1) is 6.42 Å². The van der Waals surface area contributed by atoms with Crippen LogP contribution >= 0.6 is 0 Å². The van der Waals surface area contributed by atoms with Crippen molar-refractivity contribution in [1.82, 2.24) is 9.88 Å². The molecule has 1 aromatic rings. The molecule has 0 aliphatic carbocycles. The maximum Gasteiger partial charge on any atom is 0.409 e. The Morgan fingerprint density at radius 1 is 1.30 bits per heavy atom. The van der Waals surface area contributed by atoms with Crippen LogP contribution in [0.2, 0.25) is 0 Å². The first-order valence-electron chi connectivity index (χ1n) is 8.71. The minimum atomic E-state index is -4.94. The Labute approximate surface area is 155 Å². The molecule has 1 amide bonds. The molecule has 0 bridgehead atoms. The molecule has 1 atom stereocenters. The molecule has 1 unspecified atom stereocenters. The van der Waals surface area contributed by atoms with Crippen molar-refractivity contribution < 1.29 is 27.9 Å². The molecule has 1 heterocycles. The summed E-state index contributed by atoms with van der Waals surface area (Å²) < 4.78 is 40.4. The summed E-state index contributed by atoms with van der Waals surface area (Å²) in [6, 6.07) is -1.31. The molecule has 27 heavy (non-hydrogen) atoms. The second-order valence-corrected chi connectivity index (χ2v) is 6.85. The van der Waals surface area contributed by atoms with E-state index in [1.807, 2.05) is 20.8 Å². The molecule has 2 N–H and O–H groups in total. The lowest BCUT2D eigenvalue weighted by Crippen LogP contribution is -2.48. The lowest BCUT2D eigenvalue weighted by molar-refractivity contribution is -0.165. The van der Waals surface area contributed by atoms with Crippen LogP contribution in [0.1, 0.15) is 55.2 Å². The minimum Gasteiger partial charge on any atom is -0.481 e. The number of aryl methyl sites for hydroxylation is 1. The van der Waals surface area contributed by atoms with Gasteiger partial charge in [0, 0.05) is 12.2 Å². The Morgan fingerprint density at radius 2 is 1.89 bits per heavy atom. The van der Waals surface area contributed by atoms with Crippen molar-refractivity contribution in [2.24, 2.45) is 5.92 Å². The number of rotatable bonds is 8. The second kappa shape index (κ2) is 9.05. The number of carbonyl (C=O) groups is 2. The number of aliphatic carboxylic acids is 1. The third-order valence-electron chi connectivity index (χ3n) is 4.21. The molecule has 0 saturated carbocycles. The molecule has 9 heteroatoms. The maximum absolute atomic E-state index is 13.0. The van der Waals surface area contributed by atoms with Crippen LogP contribution in [-0.4, -0.2) is 33.8 Å². The zero-order chi connectivity index (χ0) is 20.9. The standard InChI is InChI=1S/C18H25F3N2O4/c1-5-13-11(4)8-12(17(27)23(13)7-6-10(2)3)16(26)22-14(9-15(24)25)18(19,20)21/h8,10,14H,5-7,9H2,1-4H3,(H,22,26)(H,24,25). The van der Waals surface area contributed by atoms with E-state index in [1.165, 1.54) is 10.6 Å². The van der Waals surface area contributed by atoms with E-state index < -0.39 is 41.6 Å². The van der Waals surface area contributed by atoms with E-state index in [-0.39, 0.29) is 0 Å². The monoisotopic (exact) mass is 390 g/mol. The van der Waals surface area contributed by atoms with Gasteiger partial charge in [-0.05, 0) is 37.3 Å². The molecule has 1 aromatic heterocycles. The van der Waals surface area contributed by atoms with E-state index in [9.17, 15) is 27.6 Å². The highest BCUT2D eigenvalue weighted by Gasteiger charge is 2.42. The van der Waals surface area contributed by atoms with Crippen molar-refractivity contribution in [2.45, 2.75) is 65.7 Å². The first-order chi connectivity index (χ1) is 12.4. The first kappa shape index (κ1) is 22.7. The number of alkyl halides is 3. The number of amides is 1. The number of carboxylic acids is 1. The summed E-state index contributed by atoms with van der Waals surface area (Å²) >= 11 is 0. The molecular formula is C18H25F3N2O4. The lowest BCUT2D eigenvalue weighted by Gasteiger charge is -2.21. The van der Waals surface area contributed by atoms with E-state index in [0.717, 1.165) is 5.69 Å². The number of nitrogens with zero attached hydrogens (tertiary/aromatic N) is 1. The largest absolute Gasteiger partial charge is 0.481 e. The number of carbonyl (C=O) groups excluding carboxylic acids is 1. The van der Waals surface area contributed by atoms with Gasteiger partial charge in [0.1, 0.15) is 11.6 Å². The number of hydrogen-bond acceptors (Lipinski definition) is 3. The fraction of sp³-hybridized carbons (Fsp3) is 0.611. The van der Waals surface area contributed by atoms with Crippen molar-refractivity contribution >= 4 is 11.9 Å². The Hall–Kier alpha value is -2.32. The molecule has 1 rings (SSSR count). The van der Waals surface area contributed by atoms with Crippen LogP contribution in [-0.2, 0) is 17.8 Å². The van der Waals surface area contributed by atoms with Gasteiger partial charge < -0.3 is 15.0 Å². The molecule has 0 radical (unpaired) electrons. The van der Waals surface area contributed by atoms with Crippen LogP contribution in [0.15, 0.2) is 10.9 Å². The van der Waals surface area contributed by atoms with Crippen molar-refractivity contribution in [2.75, 3.05) is 0 Å². The highest BCUT2D eigenvalue weighted by molar-refractivity contribution is 5.94. The van der Waals surface area contributed by atoms with E-state index in [1.54, 1.807) is 12.2 Å². The summed E-state index contributed by atoms with van der Waals surface area (Å²) in [6.07, 6.45) is -5.06. The van der Waals surface area contributed by atoms with Gasteiger partial charge in [-0.3, -0.25) is 14.4 Å². The van der Waals surface area contributed by atoms with Gasteiger partial charge in [-0.25, -0.2) is 0 Å². The normalized spacial score (nSPS) is 12.9. The fourth-order valence-electron chi connectivity index (χ4n) is 2.76. The molecule has 0 spiro atoms. The molecular weight excluding hydrogens is 365 g/mol. The number of aromatic nitrogens is 1. The Morgan fingerprint density at radius 3 is 2.33 bits per heavy atom. The summed E-state index contributed by atoms with van der Waals surface area (Å²) in [4.78, 5) is 35.7. The van der Waals surface area contributed by atoms with Gasteiger partial charge >= 0.3 is 12.1 Å². The highest BCUT2D eigenvalue weighted by atomic mass is 19.4. The Kier molecular flexibility index (Phi) is 7.62. The topological polar surface area (TPSA) is 88.4 Å². The predicted molar refractivity (Wildman–Crippen MR) is 93.8 cm³/mol. The number of hydrogen-bond donors (Lipinski definition) is 2. The average molecular weight is 390 g/mol. The van der Waals surface area contributed by atoms with E-state index in [2.05, 4.69) is 0 Å². The fourth-order valence-corrected chi connectivity index (χ4v) is 2.76. The van der Waals surface area contributed by atoms with Crippen molar-refractivity contribution in [3.05, 3.63) is 33.2 Å². The third-order valence-corrected chi connectivity index (χ3v) is 4.21. The third kappa shape index (κ3) is 6.11. The van der Waals surface area contributed by atoms with E-state index in [4.69, 9.17) is 5.11 Å².